The molecule has 1 aromatic carbocycles. The molecule has 0 aliphatic carbocycles. The first-order chi connectivity index (χ1) is 4.43. The van der Waals surface area contributed by atoms with E-state index in [1.54, 1.807) is 0 Å². The first-order valence-electron chi connectivity index (χ1n) is 3.08. The van der Waals surface area contributed by atoms with Gasteiger partial charge in [0.15, 0.2) is 0 Å². The van der Waals surface area contributed by atoms with Gasteiger partial charge in [-0.2, -0.15) is 0 Å². The van der Waals surface area contributed by atoms with Crippen LogP contribution in [-0.2, 0) is 6.42 Å². The van der Waals surface area contributed by atoms with Gasteiger partial charge in [-0.05, 0) is 12.0 Å². The van der Waals surface area contributed by atoms with Crippen molar-refractivity contribution in [2.24, 2.45) is 0 Å². The molecule has 0 aliphatic heterocycles. The summed E-state index contributed by atoms with van der Waals surface area (Å²) >= 11 is 0. The minimum absolute atomic E-state index is 0. The summed E-state index contributed by atoms with van der Waals surface area (Å²) in [5.41, 5.74) is 1.19. The molecule has 0 radical (unpaired) electrons. The van der Waals surface area contributed by atoms with Crippen molar-refractivity contribution in [1.82, 2.24) is 0 Å². The zero-order valence-corrected chi connectivity index (χ0v) is 5.25. The molecule has 0 unspecified atom stereocenters. The second-order valence-electron chi connectivity index (χ2n) is 1.96. The van der Waals surface area contributed by atoms with Crippen LogP contribution in [0, 0.1) is 0 Å². The molecule has 0 spiro atoms. The van der Waals surface area contributed by atoms with E-state index in [1.165, 1.54) is 5.56 Å². The van der Waals surface area contributed by atoms with E-state index in [0.717, 1.165) is 6.42 Å². The monoisotopic (exact) mass is 146 g/mol. The number of aliphatic hydroxyl groups is 1. The van der Waals surface area contributed by atoms with Gasteiger partial charge >= 0.3 is 29.6 Å². The zero-order chi connectivity index (χ0) is 6.53. The van der Waals surface area contributed by atoms with Crippen LogP contribution in [0.1, 0.15) is 5.56 Å². The molecule has 0 aromatic heterocycles. The van der Waals surface area contributed by atoms with Gasteiger partial charge in [0.2, 0.25) is 0 Å². The standard InChI is InChI=1S/C8H10O.Na.H/c9-7-6-8-4-2-1-3-5-8;;/h1-5,9H,6-7H2;;. The van der Waals surface area contributed by atoms with Gasteiger partial charge in [0.05, 0.1) is 0 Å². The number of rotatable bonds is 2. The summed E-state index contributed by atoms with van der Waals surface area (Å²) in [4.78, 5) is 0. The van der Waals surface area contributed by atoms with Gasteiger partial charge in [-0.15, -0.1) is 0 Å². The van der Waals surface area contributed by atoms with Crippen LogP contribution >= 0.6 is 0 Å². The Hall–Kier alpha value is 0.180. The van der Waals surface area contributed by atoms with Crippen LogP contribution in [0.25, 0.3) is 0 Å². The fourth-order valence-electron chi connectivity index (χ4n) is 0.774. The summed E-state index contributed by atoms with van der Waals surface area (Å²) in [6.45, 7) is 0.240. The van der Waals surface area contributed by atoms with E-state index in [1.807, 2.05) is 30.3 Å². The molecule has 0 aliphatic rings. The Bertz CT molecular complexity index is 162. The van der Waals surface area contributed by atoms with Crippen LogP contribution < -0.4 is 0 Å². The van der Waals surface area contributed by atoms with Crippen molar-refractivity contribution < 1.29 is 5.11 Å². The second kappa shape index (κ2) is 5.93. The van der Waals surface area contributed by atoms with Gasteiger partial charge in [0.25, 0.3) is 0 Å². The first kappa shape index (κ1) is 10.2. The van der Waals surface area contributed by atoms with E-state index >= 15 is 0 Å². The quantitative estimate of drug-likeness (QED) is 0.605. The molecule has 1 aromatic rings. The van der Waals surface area contributed by atoms with Crippen molar-refractivity contribution >= 4 is 29.6 Å². The van der Waals surface area contributed by atoms with Gasteiger partial charge < -0.3 is 5.11 Å². The van der Waals surface area contributed by atoms with E-state index in [9.17, 15) is 0 Å². The van der Waals surface area contributed by atoms with E-state index in [-0.39, 0.29) is 36.2 Å². The van der Waals surface area contributed by atoms with Crippen LogP contribution in [0.3, 0.4) is 0 Å². The number of hydrogen-bond acceptors (Lipinski definition) is 1. The molecule has 0 saturated carbocycles. The predicted octanol–water partition coefficient (Wildman–Crippen LogP) is 0.573. The van der Waals surface area contributed by atoms with E-state index < -0.39 is 0 Å². The van der Waals surface area contributed by atoms with E-state index in [4.69, 9.17) is 5.11 Å². The van der Waals surface area contributed by atoms with Gasteiger partial charge in [-0.3, -0.25) is 0 Å². The van der Waals surface area contributed by atoms with Crippen molar-refractivity contribution in [3.63, 3.8) is 0 Å². The Labute approximate surface area is 83.4 Å². The Morgan fingerprint density at radius 2 is 1.70 bits per heavy atom. The average molecular weight is 146 g/mol. The molecule has 2 heteroatoms. The predicted molar refractivity (Wildman–Crippen MR) is 44.4 cm³/mol. The van der Waals surface area contributed by atoms with Crippen LogP contribution in [-0.4, -0.2) is 41.3 Å². The summed E-state index contributed by atoms with van der Waals surface area (Å²) in [7, 11) is 0. The Kier molecular flexibility index (Phi) is 6.03. The number of benzene rings is 1. The average Bonchev–Trinajstić information content (AvgIpc) is 1.91. The van der Waals surface area contributed by atoms with Crippen molar-refractivity contribution in [3.8, 4) is 0 Å². The van der Waals surface area contributed by atoms with Crippen molar-refractivity contribution in [2.45, 2.75) is 6.42 Å². The molecule has 0 atom stereocenters. The molecule has 0 bridgehead atoms. The summed E-state index contributed by atoms with van der Waals surface area (Å²) in [5, 5.41) is 8.52. The van der Waals surface area contributed by atoms with Crippen LogP contribution in [0.4, 0.5) is 0 Å². The van der Waals surface area contributed by atoms with Gasteiger partial charge in [-0.25, -0.2) is 0 Å². The molecule has 0 amide bonds. The maximum absolute atomic E-state index is 8.52. The summed E-state index contributed by atoms with van der Waals surface area (Å²) in [6, 6.07) is 9.95. The number of hydrogen-bond donors (Lipinski definition) is 1. The zero-order valence-electron chi connectivity index (χ0n) is 5.25. The van der Waals surface area contributed by atoms with Crippen LogP contribution in [0.15, 0.2) is 30.3 Å². The maximum atomic E-state index is 8.52. The van der Waals surface area contributed by atoms with Gasteiger partial charge in [0.1, 0.15) is 0 Å². The van der Waals surface area contributed by atoms with Gasteiger partial charge in [0, 0.05) is 6.61 Å². The molecule has 1 rings (SSSR count). The van der Waals surface area contributed by atoms with Crippen molar-refractivity contribution in [2.75, 3.05) is 6.61 Å². The summed E-state index contributed by atoms with van der Waals surface area (Å²) < 4.78 is 0. The Balaban J connectivity index is 0.000000810. The molecule has 1 N–H and O–H groups in total. The third-order valence-electron chi connectivity index (χ3n) is 1.24. The van der Waals surface area contributed by atoms with Crippen LogP contribution in [0.5, 0.6) is 0 Å². The molecule has 0 fully saturated rings. The van der Waals surface area contributed by atoms with E-state index in [2.05, 4.69) is 0 Å². The molecule has 1 nitrogen and oxygen atoms in total. The molecular weight excluding hydrogens is 135 g/mol. The third kappa shape index (κ3) is 3.37. The molecular formula is C8H11NaO. The fraction of sp³-hybridized carbons (Fsp3) is 0.250. The SMILES string of the molecule is OCCc1ccccc1.[NaH]. The second-order valence-corrected chi connectivity index (χ2v) is 1.96. The number of aliphatic hydroxyl groups excluding tert-OH is 1. The summed E-state index contributed by atoms with van der Waals surface area (Å²) in [5.74, 6) is 0. The Morgan fingerprint density at radius 3 is 2.20 bits per heavy atom. The first-order valence-corrected chi connectivity index (χ1v) is 3.08. The van der Waals surface area contributed by atoms with Crippen molar-refractivity contribution in [1.29, 1.82) is 0 Å². The van der Waals surface area contributed by atoms with Gasteiger partial charge in [-0.1, -0.05) is 30.3 Å². The minimum atomic E-state index is 0. The van der Waals surface area contributed by atoms with Crippen LogP contribution in [0.2, 0.25) is 0 Å². The molecule has 50 valence electrons. The molecule has 0 saturated heterocycles. The Morgan fingerprint density at radius 1 is 1.10 bits per heavy atom. The molecule has 0 heterocycles. The van der Waals surface area contributed by atoms with E-state index in [0.29, 0.717) is 0 Å². The van der Waals surface area contributed by atoms with Crippen molar-refractivity contribution in [3.05, 3.63) is 35.9 Å². The fourth-order valence-corrected chi connectivity index (χ4v) is 0.774. The topological polar surface area (TPSA) is 20.2 Å². The normalized spacial score (nSPS) is 8.50. The summed E-state index contributed by atoms with van der Waals surface area (Å²) in [6.07, 6.45) is 0.765. The third-order valence-corrected chi connectivity index (χ3v) is 1.24. The molecule has 10 heavy (non-hydrogen) atoms.